The first kappa shape index (κ1) is 21.7. The fourth-order valence-corrected chi connectivity index (χ4v) is 2.17. The zero-order chi connectivity index (χ0) is 17.3. The Kier molecular flexibility index (Phi) is 10.4. The number of aliphatic hydroxyl groups excluding tert-OH is 3. The second kappa shape index (κ2) is 10.5. The largest absolute Gasteiger partial charge is 0.391 e. The zero-order valence-corrected chi connectivity index (χ0v) is 14.7. The van der Waals surface area contributed by atoms with Crippen LogP contribution in [-0.2, 0) is 14.2 Å². The van der Waals surface area contributed by atoms with Gasteiger partial charge in [0, 0.05) is 7.11 Å². The van der Waals surface area contributed by atoms with Crippen molar-refractivity contribution in [3.63, 3.8) is 0 Å². The van der Waals surface area contributed by atoms with Crippen molar-refractivity contribution in [2.24, 2.45) is 0 Å². The molecule has 0 rings (SSSR count). The van der Waals surface area contributed by atoms with E-state index < -0.39 is 30.5 Å². The number of nitrogens with zero attached hydrogens (tertiary/aromatic N) is 1. The third-order valence-electron chi connectivity index (χ3n) is 3.09. The fraction of sp³-hybridized carbons (Fsp3) is 1.00. The van der Waals surface area contributed by atoms with E-state index in [1.165, 1.54) is 7.11 Å². The minimum absolute atomic E-state index is 0.0541. The maximum Gasteiger partial charge on any atom is 0.126 e. The molecule has 0 aliphatic heterocycles. The average Bonchev–Trinajstić information content (AvgIpc) is 2.34. The van der Waals surface area contributed by atoms with Gasteiger partial charge in [0.2, 0.25) is 0 Å². The highest BCUT2D eigenvalue weighted by Crippen LogP contribution is 2.11. The number of hydrogen-bond donors (Lipinski definition) is 3. The Morgan fingerprint density at radius 1 is 0.864 bits per heavy atom. The van der Waals surface area contributed by atoms with E-state index in [0.717, 1.165) is 0 Å². The summed E-state index contributed by atoms with van der Waals surface area (Å²) in [4.78, 5) is 0. The van der Waals surface area contributed by atoms with E-state index in [9.17, 15) is 15.3 Å². The van der Waals surface area contributed by atoms with Crippen LogP contribution in [0.2, 0.25) is 0 Å². The van der Waals surface area contributed by atoms with E-state index >= 15 is 0 Å². The number of methoxy groups -OCH3 is 1. The molecule has 0 saturated carbocycles. The van der Waals surface area contributed by atoms with E-state index in [1.54, 1.807) is 13.8 Å². The van der Waals surface area contributed by atoms with Crippen LogP contribution < -0.4 is 0 Å². The first-order chi connectivity index (χ1) is 10.1. The Morgan fingerprint density at radius 3 is 1.86 bits per heavy atom. The van der Waals surface area contributed by atoms with Crippen molar-refractivity contribution < 1.29 is 34.0 Å². The summed E-state index contributed by atoms with van der Waals surface area (Å²) in [7, 11) is 7.47. The van der Waals surface area contributed by atoms with Crippen molar-refractivity contribution in [2.75, 3.05) is 54.6 Å². The van der Waals surface area contributed by atoms with Crippen molar-refractivity contribution >= 4 is 0 Å². The lowest BCUT2D eigenvalue weighted by Crippen LogP contribution is -2.45. The number of rotatable bonds is 12. The molecule has 0 spiro atoms. The van der Waals surface area contributed by atoms with Crippen molar-refractivity contribution in [3.05, 3.63) is 0 Å². The Bertz CT molecular complexity index is 282. The van der Waals surface area contributed by atoms with Crippen LogP contribution in [-0.4, -0.2) is 105 Å². The van der Waals surface area contributed by atoms with Gasteiger partial charge in [-0.05, 0) is 13.8 Å². The molecule has 3 N–H and O–H groups in total. The van der Waals surface area contributed by atoms with Gasteiger partial charge < -0.3 is 34.0 Å². The summed E-state index contributed by atoms with van der Waals surface area (Å²) in [5.74, 6) is 0. The van der Waals surface area contributed by atoms with Crippen LogP contribution in [0.4, 0.5) is 0 Å². The number of aliphatic hydroxyl groups is 3. The molecule has 5 atom stereocenters. The number of hydrogen-bond acceptors (Lipinski definition) is 6. The Balaban J connectivity index is 4.27. The Morgan fingerprint density at radius 2 is 1.41 bits per heavy atom. The molecule has 0 fully saturated rings. The molecule has 0 heterocycles. The third-order valence-corrected chi connectivity index (χ3v) is 3.09. The van der Waals surface area contributed by atoms with Crippen LogP contribution in [0.5, 0.6) is 0 Å². The average molecular weight is 324 g/mol. The molecule has 7 nitrogen and oxygen atoms in total. The maximum absolute atomic E-state index is 9.94. The summed E-state index contributed by atoms with van der Waals surface area (Å²) in [6.45, 7) is 4.35. The van der Waals surface area contributed by atoms with Gasteiger partial charge >= 0.3 is 0 Å². The topological polar surface area (TPSA) is 88.4 Å². The molecular formula is C15H34NO6+. The molecule has 0 saturated heterocycles. The van der Waals surface area contributed by atoms with Crippen molar-refractivity contribution in [1.82, 2.24) is 0 Å². The SMILES string of the molecule is COCC(O)CO[C@H]([C@H](C)O)[C@@H](C)OCC(O)C[N+](C)(C)C. The standard InChI is InChI=1S/C15H34NO6/c1-11(17)15(22-10-14(19)8-20-6)12(2)21-9-13(18)7-16(3,4)5/h11-15,17-19H,7-10H2,1-6H3/q+1/t11-,12+,13?,14?,15+/m0/s1. The summed E-state index contributed by atoms with van der Waals surface area (Å²) in [5, 5.41) is 29.3. The highest BCUT2D eigenvalue weighted by molar-refractivity contribution is 4.73. The molecule has 0 aliphatic rings. The molecule has 0 bridgehead atoms. The smallest absolute Gasteiger partial charge is 0.126 e. The Hall–Kier alpha value is -0.280. The van der Waals surface area contributed by atoms with Crippen molar-refractivity contribution in [1.29, 1.82) is 0 Å². The monoisotopic (exact) mass is 324 g/mol. The second-order valence-corrected chi connectivity index (χ2v) is 6.81. The molecular weight excluding hydrogens is 290 g/mol. The van der Waals surface area contributed by atoms with E-state index in [2.05, 4.69) is 0 Å². The van der Waals surface area contributed by atoms with Gasteiger partial charge in [-0.2, -0.15) is 0 Å². The molecule has 0 amide bonds. The lowest BCUT2D eigenvalue weighted by atomic mass is 10.1. The number of likely N-dealkylation sites (N-methyl/N-ethyl adjacent to an activating group) is 1. The third kappa shape index (κ3) is 10.4. The number of quaternary nitrogens is 1. The molecule has 134 valence electrons. The van der Waals surface area contributed by atoms with E-state index in [4.69, 9.17) is 14.2 Å². The van der Waals surface area contributed by atoms with Gasteiger partial charge in [-0.1, -0.05) is 0 Å². The first-order valence-electron chi connectivity index (χ1n) is 7.63. The van der Waals surface area contributed by atoms with Gasteiger partial charge in [-0.25, -0.2) is 0 Å². The maximum atomic E-state index is 9.94. The predicted octanol–water partition coefficient (Wildman–Crippen LogP) is -0.768. The van der Waals surface area contributed by atoms with Gasteiger partial charge in [0.25, 0.3) is 0 Å². The van der Waals surface area contributed by atoms with Crippen LogP contribution in [0.25, 0.3) is 0 Å². The summed E-state index contributed by atoms with van der Waals surface area (Å²) in [6, 6.07) is 0. The van der Waals surface area contributed by atoms with E-state index in [1.807, 2.05) is 21.1 Å². The van der Waals surface area contributed by atoms with Gasteiger partial charge in [-0.15, -0.1) is 0 Å². The van der Waals surface area contributed by atoms with Crippen LogP contribution in [0.1, 0.15) is 13.8 Å². The molecule has 22 heavy (non-hydrogen) atoms. The van der Waals surface area contributed by atoms with E-state index in [-0.39, 0.29) is 19.8 Å². The minimum Gasteiger partial charge on any atom is -0.391 e. The molecule has 2 unspecified atom stereocenters. The van der Waals surface area contributed by atoms with Gasteiger partial charge in [-0.3, -0.25) is 0 Å². The van der Waals surface area contributed by atoms with Crippen LogP contribution in [0.3, 0.4) is 0 Å². The van der Waals surface area contributed by atoms with Gasteiger partial charge in [0.1, 0.15) is 24.9 Å². The molecule has 7 heteroatoms. The second-order valence-electron chi connectivity index (χ2n) is 6.81. The summed E-state index contributed by atoms with van der Waals surface area (Å²) < 4.78 is 16.6. The first-order valence-corrected chi connectivity index (χ1v) is 7.63. The molecule has 0 aromatic rings. The zero-order valence-electron chi connectivity index (χ0n) is 14.7. The minimum atomic E-state index is -0.750. The van der Waals surface area contributed by atoms with Crippen LogP contribution in [0.15, 0.2) is 0 Å². The lowest BCUT2D eigenvalue weighted by Gasteiger charge is -2.30. The van der Waals surface area contributed by atoms with Gasteiger partial charge in [0.05, 0.1) is 53.2 Å². The summed E-state index contributed by atoms with van der Waals surface area (Å²) in [6.07, 6.45) is -3.07. The van der Waals surface area contributed by atoms with Crippen molar-refractivity contribution in [3.8, 4) is 0 Å². The highest BCUT2D eigenvalue weighted by atomic mass is 16.6. The highest BCUT2D eigenvalue weighted by Gasteiger charge is 2.26. The molecule has 0 aliphatic carbocycles. The predicted molar refractivity (Wildman–Crippen MR) is 83.6 cm³/mol. The Labute approximate surface area is 134 Å². The molecule has 0 aromatic carbocycles. The molecule has 0 radical (unpaired) electrons. The van der Waals surface area contributed by atoms with Gasteiger partial charge in [0.15, 0.2) is 0 Å². The lowest BCUT2D eigenvalue weighted by molar-refractivity contribution is -0.873. The van der Waals surface area contributed by atoms with Crippen LogP contribution in [0, 0.1) is 0 Å². The van der Waals surface area contributed by atoms with Crippen LogP contribution >= 0.6 is 0 Å². The number of ether oxygens (including phenoxy) is 3. The van der Waals surface area contributed by atoms with Crippen molar-refractivity contribution in [2.45, 2.75) is 44.4 Å². The summed E-state index contributed by atoms with van der Waals surface area (Å²) >= 11 is 0. The summed E-state index contributed by atoms with van der Waals surface area (Å²) in [5.41, 5.74) is 0. The molecule has 0 aromatic heterocycles. The quantitative estimate of drug-likeness (QED) is 0.409. The fourth-order valence-electron chi connectivity index (χ4n) is 2.17. The van der Waals surface area contributed by atoms with E-state index in [0.29, 0.717) is 11.0 Å². The normalized spacial score (nSPS) is 19.5.